The van der Waals surface area contributed by atoms with Gasteiger partial charge in [-0.25, -0.2) is 0 Å². The molecular formula is C10H19NO2. The van der Waals surface area contributed by atoms with Crippen LogP contribution >= 0.6 is 0 Å². The summed E-state index contributed by atoms with van der Waals surface area (Å²) in [4.78, 5) is 0. The zero-order chi connectivity index (χ0) is 9.10. The van der Waals surface area contributed by atoms with E-state index in [1.165, 1.54) is 0 Å². The SMILES string of the molecule is OC1CCC(NC2CCOC2)CC1. The normalized spacial score (nSPS) is 40.8. The summed E-state index contributed by atoms with van der Waals surface area (Å²) in [6, 6.07) is 1.19. The summed E-state index contributed by atoms with van der Waals surface area (Å²) in [7, 11) is 0. The minimum Gasteiger partial charge on any atom is -0.393 e. The topological polar surface area (TPSA) is 41.5 Å². The van der Waals surface area contributed by atoms with Gasteiger partial charge < -0.3 is 15.2 Å². The van der Waals surface area contributed by atoms with Gasteiger partial charge in [-0.05, 0) is 32.1 Å². The van der Waals surface area contributed by atoms with Crippen LogP contribution in [0.1, 0.15) is 32.1 Å². The van der Waals surface area contributed by atoms with Crippen molar-refractivity contribution in [3.63, 3.8) is 0 Å². The van der Waals surface area contributed by atoms with Crippen molar-refractivity contribution in [2.24, 2.45) is 0 Å². The molecule has 1 unspecified atom stereocenters. The molecule has 2 N–H and O–H groups in total. The van der Waals surface area contributed by atoms with Gasteiger partial charge in [0.2, 0.25) is 0 Å². The van der Waals surface area contributed by atoms with Crippen molar-refractivity contribution in [3.8, 4) is 0 Å². The second-order valence-electron chi connectivity index (χ2n) is 4.23. The maximum atomic E-state index is 9.34. The highest BCUT2D eigenvalue weighted by atomic mass is 16.5. The molecule has 13 heavy (non-hydrogen) atoms. The van der Waals surface area contributed by atoms with Gasteiger partial charge in [0, 0.05) is 18.7 Å². The molecule has 0 bridgehead atoms. The monoisotopic (exact) mass is 185 g/mol. The van der Waals surface area contributed by atoms with Gasteiger partial charge in [0.15, 0.2) is 0 Å². The molecule has 0 spiro atoms. The van der Waals surface area contributed by atoms with E-state index in [0.29, 0.717) is 12.1 Å². The molecule has 2 rings (SSSR count). The van der Waals surface area contributed by atoms with Crippen molar-refractivity contribution in [2.75, 3.05) is 13.2 Å². The Kier molecular flexibility index (Phi) is 3.19. The molecule has 1 aliphatic carbocycles. The molecule has 2 aliphatic rings. The van der Waals surface area contributed by atoms with Crippen LogP contribution in [0.15, 0.2) is 0 Å². The zero-order valence-corrected chi connectivity index (χ0v) is 8.04. The number of ether oxygens (including phenoxy) is 1. The van der Waals surface area contributed by atoms with Crippen LogP contribution in [-0.2, 0) is 4.74 Å². The number of aliphatic hydroxyl groups excluding tert-OH is 1. The molecule has 0 aromatic heterocycles. The lowest BCUT2D eigenvalue weighted by atomic mass is 9.92. The van der Waals surface area contributed by atoms with Crippen molar-refractivity contribution in [1.82, 2.24) is 5.32 Å². The van der Waals surface area contributed by atoms with Crippen LogP contribution < -0.4 is 5.32 Å². The highest BCUT2D eigenvalue weighted by molar-refractivity contribution is 4.81. The molecule has 2 fully saturated rings. The summed E-state index contributed by atoms with van der Waals surface area (Å²) in [5, 5.41) is 12.9. The fourth-order valence-corrected chi connectivity index (χ4v) is 2.24. The van der Waals surface area contributed by atoms with Gasteiger partial charge in [-0.15, -0.1) is 0 Å². The van der Waals surface area contributed by atoms with E-state index in [9.17, 15) is 5.11 Å². The predicted octanol–water partition coefficient (Wildman–Crippen LogP) is 0.668. The zero-order valence-electron chi connectivity index (χ0n) is 8.04. The van der Waals surface area contributed by atoms with Crippen LogP contribution in [0.25, 0.3) is 0 Å². The van der Waals surface area contributed by atoms with Crippen LogP contribution in [0.5, 0.6) is 0 Å². The van der Waals surface area contributed by atoms with Crippen LogP contribution in [0, 0.1) is 0 Å². The van der Waals surface area contributed by atoms with E-state index in [4.69, 9.17) is 4.74 Å². The van der Waals surface area contributed by atoms with Crippen LogP contribution in [-0.4, -0.2) is 36.5 Å². The molecule has 0 radical (unpaired) electrons. The third kappa shape index (κ3) is 2.66. The first kappa shape index (κ1) is 9.44. The molecule has 1 aliphatic heterocycles. The predicted molar refractivity (Wildman–Crippen MR) is 50.6 cm³/mol. The highest BCUT2D eigenvalue weighted by Gasteiger charge is 2.23. The van der Waals surface area contributed by atoms with E-state index in [1.54, 1.807) is 0 Å². The fraction of sp³-hybridized carbons (Fsp3) is 1.00. The third-order valence-corrected chi connectivity index (χ3v) is 3.10. The lowest BCUT2D eigenvalue weighted by molar-refractivity contribution is 0.112. The molecule has 1 atom stereocenters. The Morgan fingerprint density at radius 1 is 1.00 bits per heavy atom. The Morgan fingerprint density at radius 2 is 1.77 bits per heavy atom. The molecule has 1 saturated carbocycles. The largest absolute Gasteiger partial charge is 0.393 e. The summed E-state index contributed by atoms with van der Waals surface area (Å²) >= 11 is 0. The number of hydrogen-bond acceptors (Lipinski definition) is 3. The minimum absolute atomic E-state index is 0.0436. The number of nitrogens with one attached hydrogen (secondary N) is 1. The van der Waals surface area contributed by atoms with Crippen molar-refractivity contribution in [3.05, 3.63) is 0 Å². The van der Waals surface area contributed by atoms with Crippen molar-refractivity contribution >= 4 is 0 Å². The maximum absolute atomic E-state index is 9.34. The van der Waals surface area contributed by atoms with Gasteiger partial charge >= 0.3 is 0 Å². The van der Waals surface area contributed by atoms with Gasteiger partial charge in [0.1, 0.15) is 0 Å². The summed E-state index contributed by atoms with van der Waals surface area (Å²) in [6.07, 6.45) is 5.28. The Hall–Kier alpha value is -0.120. The van der Waals surface area contributed by atoms with Gasteiger partial charge in [-0.1, -0.05) is 0 Å². The van der Waals surface area contributed by atoms with Gasteiger partial charge in [0.25, 0.3) is 0 Å². The molecule has 3 heteroatoms. The minimum atomic E-state index is -0.0436. The van der Waals surface area contributed by atoms with Crippen LogP contribution in [0.4, 0.5) is 0 Å². The summed E-state index contributed by atoms with van der Waals surface area (Å²) < 4.78 is 5.31. The Morgan fingerprint density at radius 3 is 2.38 bits per heavy atom. The van der Waals surface area contributed by atoms with Gasteiger partial charge in [-0.2, -0.15) is 0 Å². The molecule has 3 nitrogen and oxygen atoms in total. The number of rotatable bonds is 2. The third-order valence-electron chi connectivity index (χ3n) is 3.10. The van der Waals surface area contributed by atoms with E-state index < -0.39 is 0 Å². The fourth-order valence-electron chi connectivity index (χ4n) is 2.24. The van der Waals surface area contributed by atoms with Crippen LogP contribution in [0.3, 0.4) is 0 Å². The van der Waals surface area contributed by atoms with E-state index in [0.717, 1.165) is 45.3 Å². The average molecular weight is 185 g/mol. The van der Waals surface area contributed by atoms with Gasteiger partial charge in [0.05, 0.1) is 12.7 Å². The molecular weight excluding hydrogens is 166 g/mol. The standard InChI is InChI=1S/C10H19NO2/c12-10-3-1-8(2-4-10)11-9-5-6-13-7-9/h8-12H,1-7H2. The summed E-state index contributed by atoms with van der Waals surface area (Å²) in [5.41, 5.74) is 0. The second kappa shape index (κ2) is 4.40. The highest BCUT2D eigenvalue weighted by Crippen LogP contribution is 2.19. The molecule has 0 aromatic carbocycles. The van der Waals surface area contributed by atoms with Crippen LogP contribution in [0.2, 0.25) is 0 Å². The summed E-state index contributed by atoms with van der Waals surface area (Å²) in [5.74, 6) is 0. The Bertz CT molecular complexity index is 149. The Balaban J connectivity index is 1.69. The lowest BCUT2D eigenvalue weighted by Gasteiger charge is -2.28. The average Bonchev–Trinajstić information content (AvgIpc) is 2.62. The first-order valence-electron chi connectivity index (χ1n) is 5.36. The molecule has 76 valence electrons. The molecule has 0 aromatic rings. The van der Waals surface area contributed by atoms with E-state index >= 15 is 0 Å². The first-order chi connectivity index (χ1) is 6.34. The lowest BCUT2D eigenvalue weighted by Crippen LogP contribution is -2.41. The van der Waals surface area contributed by atoms with Crippen molar-refractivity contribution < 1.29 is 9.84 Å². The van der Waals surface area contributed by atoms with Gasteiger partial charge in [-0.3, -0.25) is 0 Å². The maximum Gasteiger partial charge on any atom is 0.0620 e. The Labute approximate surface area is 79.5 Å². The number of hydrogen-bond donors (Lipinski definition) is 2. The quantitative estimate of drug-likeness (QED) is 0.664. The van der Waals surface area contributed by atoms with Crippen molar-refractivity contribution in [2.45, 2.75) is 50.3 Å². The van der Waals surface area contributed by atoms with E-state index in [-0.39, 0.29) is 6.10 Å². The molecule has 0 amide bonds. The van der Waals surface area contributed by atoms with E-state index in [1.807, 2.05) is 0 Å². The van der Waals surface area contributed by atoms with Crippen molar-refractivity contribution in [1.29, 1.82) is 0 Å². The molecule has 1 saturated heterocycles. The van der Waals surface area contributed by atoms with E-state index in [2.05, 4.69) is 5.32 Å². The summed E-state index contributed by atoms with van der Waals surface area (Å²) in [6.45, 7) is 1.78. The second-order valence-corrected chi connectivity index (χ2v) is 4.23. The first-order valence-corrected chi connectivity index (χ1v) is 5.36. The molecule has 1 heterocycles. The number of aliphatic hydroxyl groups is 1. The smallest absolute Gasteiger partial charge is 0.0620 e.